The van der Waals surface area contributed by atoms with E-state index >= 15 is 0 Å². The molecule has 7 nitrogen and oxygen atoms in total. The minimum atomic E-state index is -4.57. The van der Waals surface area contributed by atoms with Gasteiger partial charge in [-0.15, -0.1) is 0 Å². The lowest BCUT2D eigenvalue weighted by atomic mass is 9.83. The van der Waals surface area contributed by atoms with Gasteiger partial charge in [0.2, 0.25) is 0 Å². The minimum Gasteiger partial charge on any atom is -0.366 e. The summed E-state index contributed by atoms with van der Waals surface area (Å²) in [6.45, 7) is 1.00. The number of morpholine rings is 1. The number of hydrogen-bond acceptors (Lipinski definition) is 5. The van der Waals surface area contributed by atoms with Gasteiger partial charge in [-0.25, -0.2) is 18.4 Å². The Labute approximate surface area is 190 Å². The Morgan fingerprint density at radius 1 is 1.21 bits per heavy atom. The van der Waals surface area contributed by atoms with Crippen molar-refractivity contribution in [3.8, 4) is 0 Å². The Kier molecular flexibility index (Phi) is 6.13. The van der Waals surface area contributed by atoms with Gasteiger partial charge in [-0.3, -0.25) is 4.79 Å². The van der Waals surface area contributed by atoms with Crippen LogP contribution in [0.1, 0.15) is 28.4 Å². The highest BCUT2D eigenvalue weighted by Gasteiger charge is 2.51. The highest BCUT2D eigenvalue weighted by Crippen LogP contribution is 2.40. The van der Waals surface area contributed by atoms with Crippen molar-refractivity contribution in [2.45, 2.75) is 37.6 Å². The van der Waals surface area contributed by atoms with Crippen LogP contribution in [0, 0.1) is 11.6 Å². The van der Waals surface area contributed by atoms with E-state index in [1.807, 2.05) is 0 Å². The van der Waals surface area contributed by atoms with Crippen LogP contribution in [-0.4, -0.2) is 49.6 Å². The summed E-state index contributed by atoms with van der Waals surface area (Å²) in [7, 11) is 0. The van der Waals surface area contributed by atoms with Crippen LogP contribution in [0.15, 0.2) is 55.1 Å². The first kappa shape index (κ1) is 23.8. The minimum absolute atomic E-state index is 0.0665. The predicted molar refractivity (Wildman–Crippen MR) is 107 cm³/mol. The topological polar surface area (TPSA) is 80.5 Å². The SMILES string of the molecule is CC1N(C(=O)c2ccc(C(F)(F)F)cc2)CC(O)OC1(Cn1cncn1)c1ccc(F)cc1F. The summed E-state index contributed by atoms with van der Waals surface area (Å²) >= 11 is 0. The number of hydrogen-bond donors (Lipinski definition) is 1. The average Bonchev–Trinajstić information content (AvgIpc) is 3.28. The molecule has 4 rings (SSSR count). The second-order valence-electron chi connectivity index (χ2n) is 7.89. The third-order valence-corrected chi connectivity index (χ3v) is 5.81. The maximum atomic E-state index is 15.0. The molecule has 0 spiro atoms. The molecule has 180 valence electrons. The Bertz CT molecular complexity index is 1170. The van der Waals surface area contributed by atoms with Gasteiger partial charge in [0.05, 0.1) is 24.7 Å². The molecular formula is C22H19F5N4O3. The summed E-state index contributed by atoms with van der Waals surface area (Å²) in [5.41, 5.74) is -2.86. The van der Waals surface area contributed by atoms with E-state index in [1.54, 1.807) is 0 Å². The van der Waals surface area contributed by atoms with Crippen LogP contribution in [0.5, 0.6) is 0 Å². The van der Waals surface area contributed by atoms with Gasteiger partial charge in [0, 0.05) is 17.2 Å². The average molecular weight is 482 g/mol. The quantitative estimate of drug-likeness (QED) is 0.577. The van der Waals surface area contributed by atoms with Gasteiger partial charge in [-0.2, -0.15) is 18.3 Å². The van der Waals surface area contributed by atoms with Gasteiger partial charge < -0.3 is 14.7 Å². The number of rotatable bonds is 4. The first-order valence-corrected chi connectivity index (χ1v) is 10.1. The van der Waals surface area contributed by atoms with E-state index in [-0.39, 0.29) is 24.2 Å². The lowest BCUT2D eigenvalue weighted by molar-refractivity contribution is -0.255. The summed E-state index contributed by atoms with van der Waals surface area (Å²) in [5.74, 6) is -2.50. The molecule has 2 aromatic carbocycles. The number of alkyl halides is 3. The first-order valence-electron chi connectivity index (χ1n) is 10.1. The van der Waals surface area contributed by atoms with Gasteiger partial charge >= 0.3 is 6.18 Å². The zero-order chi connectivity index (χ0) is 24.7. The molecule has 1 aromatic heterocycles. The van der Waals surface area contributed by atoms with Crippen molar-refractivity contribution in [1.29, 1.82) is 0 Å². The summed E-state index contributed by atoms with van der Waals surface area (Å²) in [4.78, 5) is 18.3. The van der Waals surface area contributed by atoms with Crippen LogP contribution in [0.4, 0.5) is 22.0 Å². The lowest BCUT2D eigenvalue weighted by Gasteiger charge is -2.50. The van der Waals surface area contributed by atoms with E-state index in [1.165, 1.54) is 29.2 Å². The standard InChI is InChI=1S/C22H19F5N4O3/c1-13-21(10-30-12-28-11-29-30,17-7-6-16(23)8-18(17)24)34-19(32)9-31(13)20(33)14-2-4-15(5-3-14)22(25,26)27/h2-8,11-13,19,32H,9-10H2,1H3. The summed E-state index contributed by atoms with van der Waals surface area (Å²) in [6.07, 6.45) is -3.61. The monoisotopic (exact) mass is 482 g/mol. The van der Waals surface area contributed by atoms with Crippen LogP contribution in [0.3, 0.4) is 0 Å². The number of ether oxygens (including phenoxy) is 1. The molecule has 1 amide bonds. The van der Waals surface area contributed by atoms with Gasteiger partial charge in [0.1, 0.15) is 29.9 Å². The third kappa shape index (κ3) is 4.38. The molecule has 0 aliphatic carbocycles. The number of benzene rings is 2. The smallest absolute Gasteiger partial charge is 0.366 e. The Balaban J connectivity index is 1.76. The third-order valence-electron chi connectivity index (χ3n) is 5.81. The van der Waals surface area contributed by atoms with Gasteiger partial charge in [-0.1, -0.05) is 6.07 Å². The molecule has 3 aromatic rings. The lowest BCUT2D eigenvalue weighted by Crippen LogP contribution is -2.63. The number of aliphatic hydroxyl groups excluding tert-OH is 1. The van der Waals surface area contributed by atoms with Crippen molar-refractivity contribution < 1.29 is 36.6 Å². The summed E-state index contributed by atoms with van der Waals surface area (Å²) in [6, 6.07) is 5.45. The maximum Gasteiger partial charge on any atom is 0.416 e. The second kappa shape index (κ2) is 8.76. The molecular weight excluding hydrogens is 463 g/mol. The van der Waals surface area contributed by atoms with Crippen LogP contribution >= 0.6 is 0 Å². The number of β-amino-alcohol motifs (C(OH)–C–C–N with tert-alkyl or cyclic N) is 1. The van der Waals surface area contributed by atoms with Gasteiger partial charge in [-0.05, 0) is 37.3 Å². The molecule has 1 aliphatic rings. The van der Waals surface area contributed by atoms with Crippen LogP contribution in [0.25, 0.3) is 0 Å². The number of halogens is 5. The Morgan fingerprint density at radius 3 is 2.50 bits per heavy atom. The van der Waals surface area contributed by atoms with Crippen LogP contribution < -0.4 is 0 Å². The number of carbonyl (C=O) groups excluding carboxylic acids is 1. The summed E-state index contributed by atoms with van der Waals surface area (Å²) in [5, 5.41) is 14.5. The molecule has 12 heteroatoms. The number of amides is 1. The fourth-order valence-electron chi connectivity index (χ4n) is 4.11. The van der Waals surface area contributed by atoms with Gasteiger partial charge in [0.25, 0.3) is 5.91 Å². The maximum absolute atomic E-state index is 15.0. The summed E-state index contributed by atoms with van der Waals surface area (Å²) < 4.78 is 74.4. The molecule has 3 atom stereocenters. The fourth-order valence-corrected chi connectivity index (χ4v) is 4.11. The molecule has 0 radical (unpaired) electrons. The highest BCUT2D eigenvalue weighted by atomic mass is 19.4. The van der Waals surface area contributed by atoms with E-state index in [9.17, 15) is 31.9 Å². The molecule has 1 N–H and O–H groups in total. The highest BCUT2D eigenvalue weighted by molar-refractivity contribution is 5.94. The number of carbonyl (C=O) groups is 1. The van der Waals surface area contributed by atoms with Crippen molar-refractivity contribution in [3.63, 3.8) is 0 Å². The predicted octanol–water partition coefficient (Wildman–Crippen LogP) is 3.35. The van der Waals surface area contributed by atoms with E-state index in [0.717, 1.165) is 36.4 Å². The fraction of sp³-hybridized carbons (Fsp3) is 0.318. The molecule has 1 aliphatic heterocycles. The van der Waals surface area contributed by atoms with Crippen molar-refractivity contribution in [3.05, 3.63) is 83.4 Å². The van der Waals surface area contributed by atoms with E-state index < -0.39 is 47.2 Å². The van der Waals surface area contributed by atoms with Crippen molar-refractivity contribution in [2.24, 2.45) is 0 Å². The van der Waals surface area contributed by atoms with Gasteiger partial charge in [0.15, 0.2) is 6.29 Å². The van der Waals surface area contributed by atoms with Crippen molar-refractivity contribution in [1.82, 2.24) is 19.7 Å². The van der Waals surface area contributed by atoms with Crippen LogP contribution in [0.2, 0.25) is 0 Å². The first-order chi connectivity index (χ1) is 16.0. The van der Waals surface area contributed by atoms with E-state index in [4.69, 9.17) is 4.74 Å². The number of nitrogens with zero attached hydrogens (tertiary/aromatic N) is 4. The number of aliphatic hydroxyl groups is 1. The van der Waals surface area contributed by atoms with Crippen molar-refractivity contribution >= 4 is 5.91 Å². The molecule has 34 heavy (non-hydrogen) atoms. The molecule has 0 bridgehead atoms. The molecule has 0 saturated carbocycles. The molecule has 2 heterocycles. The number of aromatic nitrogens is 3. The molecule has 3 unspecified atom stereocenters. The zero-order valence-electron chi connectivity index (χ0n) is 17.7. The van der Waals surface area contributed by atoms with Crippen molar-refractivity contribution in [2.75, 3.05) is 6.54 Å². The van der Waals surface area contributed by atoms with E-state index in [0.29, 0.717) is 6.07 Å². The molecule has 1 fully saturated rings. The largest absolute Gasteiger partial charge is 0.416 e. The second-order valence-corrected chi connectivity index (χ2v) is 7.89. The normalized spacial score (nSPS) is 23.2. The van der Waals surface area contributed by atoms with E-state index in [2.05, 4.69) is 10.1 Å². The Hall–Kier alpha value is -3.38. The molecule has 1 saturated heterocycles. The zero-order valence-corrected chi connectivity index (χ0v) is 17.7. The Morgan fingerprint density at radius 2 is 1.91 bits per heavy atom. The van der Waals surface area contributed by atoms with Crippen LogP contribution in [-0.2, 0) is 23.1 Å².